The topological polar surface area (TPSA) is 67.2 Å². The molecule has 0 bridgehead atoms. The fraction of sp³-hybridized carbons (Fsp3) is 0.333. The van der Waals surface area contributed by atoms with E-state index >= 15 is 0 Å². The van der Waals surface area contributed by atoms with E-state index in [2.05, 4.69) is 10.4 Å². The Kier molecular flexibility index (Phi) is 5.38. The van der Waals surface area contributed by atoms with Gasteiger partial charge < -0.3 is 10.4 Å². The first-order chi connectivity index (χ1) is 10.9. The van der Waals surface area contributed by atoms with Crippen LogP contribution in [0.25, 0.3) is 0 Å². The summed E-state index contributed by atoms with van der Waals surface area (Å²) in [6, 6.07) is 6.14. The van der Waals surface area contributed by atoms with Crippen molar-refractivity contribution in [2.45, 2.75) is 25.2 Å². The summed E-state index contributed by atoms with van der Waals surface area (Å²) in [4.78, 5) is 11.7. The molecule has 1 atom stereocenters. The molecule has 1 aromatic heterocycles. The van der Waals surface area contributed by atoms with E-state index in [4.69, 9.17) is 0 Å². The highest BCUT2D eigenvalue weighted by Gasteiger charge is 2.30. The molecule has 2 N–H and O–H groups in total. The summed E-state index contributed by atoms with van der Waals surface area (Å²) in [6.07, 6.45) is -2.20. The Hall–Kier alpha value is -2.35. The Labute approximate surface area is 130 Å². The smallest absolute Gasteiger partial charge is 0.387 e. The summed E-state index contributed by atoms with van der Waals surface area (Å²) in [5.41, 5.74) is -0.730. The largest absolute Gasteiger partial charge is 0.416 e. The molecule has 124 valence electrons. The van der Waals surface area contributed by atoms with Gasteiger partial charge in [0.15, 0.2) is 0 Å². The van der Waals surface area contributed by atoms with Gasteiger partial charge in [-0.3, -0.25) is 9.48 Å². The summed E-state index contributed by atoms with van der Waals surface area (Å²) in [7, 11) is 0. The van der Waals surface area contributed by atoms with Gasteiger partial charge in [0.25, 0.3) is 0 Å². The SMILES string of the molecule is O=C(CCn1cccn1)NC[C@H](O)c1cccc(C(F)(F)F)c1. The Morgan fingerprint density at radius 2 is 2.13 bits per heavy atom. The molecule has 0 saturated heterocycles. The number of nitrogens with zero attached hydrogens (tertiary/aromatic N) is 2. The third kappa shape index (κ3) is 5.10. The minimum absolute atomic E-state index is 0.104. The van der Waals surface area contributed by atoms with E-state index < -0.39 is 17.8 Å². The summed E-state index contributed by atoms with van der Waals surface area (Å²) >= 11 is 0. The molecule has 8 heteroatoms. The van der Waals surface area contributed by atoms with Gasteiger partial charge in [-0.05, 0) is 23.8 Å². The van der Waals surface area contributed by atoms with Crippen LogP contribution in [0.1, 0.15) is 23.7 Å². The van der Waals surface area contributed by atoms with Gasteiger partial charge in [0.1, 0.15) is 0 Å². The van der Waals surface area contributed by atoms with Crippen LogP contribution in [0.2, 0.25) is 0 Å². The predicted octanol–water partition coefficient (Wildman–Crippen LogP) is 2.14. The first-order valence-electron chi connectivity index (χ1n) is 6.95. The molecule has 5 nitrogen and oxygen atoms in total. The van der Waals surface area contributed by atoms with Gasteiger partial charge in [-0.2, -0.15) is 18.3 Å². The predicted molar refractivity (Wildman–Crippen MR) is 76.3 cm³/mol. The number of aromatic nitrogens is 2. The van der Waals surface area contributed by atoms with Crippen LogP contribution in [0, 0.1) is 0 Å². The molecule has 0 aliphatic rings. The quantitative estimate of drug-likeness (QED) is 0.854. The van der Waals surface area contributed by atoms with Gasteiger partial charge in [-0.25, -0.2) is 0 Å². The zero-order chi connectivity index (χ0) is 16.9. The molecule has 1 heterocycles. The lowest BCUT2D eigenvalue weighted by atomic mass is 10.1. The van der Waals surface area contributed by atoms with E-state index in [9.17, 15) is 23.1 Å². The number of hydrogen-bond donors (Lipinski definition) is 2. The van der Waals surface area contributed by atoms with Crippen molar-refractivity contribution in [1.29, 1.82) is 0 Å². The Morgan fingerprint density at radius 3 is 2.78 bits per heavy atom. The zero-order valence-electron chi connectivity index (χ0n) is 12.1. The van der Waals surface area contributed by atoms with Gasteiger partial charge in [0, 0.05) is 31.9 Å². The fourth-order valence-corrected chi connectivity index (χ4v) is 1.99. The maximum atomic E-state index is 12.6. The van der Waals surface area contributed by atoms with Crippen LogP contribution in [0.15, 0.2) is 42.7 Å². The number of aliphatic hydroxyl groups excluding tert-OH is 1. The van der Waals surface area contributed by atoms with Crippen molar-refractivity contribution in [3.8, 4) is 0 Å². The molecule has 0 aliphatic carbocycles. The first-order valence-corrected chi connectivity index (χ1v) is 6.95. The van der Waals surface area contributed by atoms with Gasteiger partial charge in [0.2, 0.25) is 5.91 Å². The second kappa shape index (κ2) is 7.28. The fourth-order valence-electron chi connectivity index (χ4n) is 1.99. The number of aryl methyl sites for hydroxylation is 1. The second-order valence-electron chi connectivity index (χ2n) is 4.96. The van der Waals surface area contributed by atoms with Crippen molar-refractivity contribution >= 4 is 5.91 Å². The molecule has 0 radical (unpaired) electrons. The van der Waals surface area contributed by atoms with Gasteiger partial charge >= 0.3 is 6.18 Å². The molecule has 0 saturated carbocycles. The van der Waals surface area contributed by atoms with Crippen LogP contribution >= 0.6 is 0 Å². The van der Waals surface area contributed by atoms with Crippen LogP contribution < -0.4 is 5.32 Å². The number of aliphatic hydroxyl groups is 1. The van der Waals surface area contributed by atoms with Gasteiger partial charge in [0.05, 0.1) is 11.7 Å². The summed E-state index contributed by atoms with van der Waals surface area (Å²) in [5, 5.41) is 16.3. The number of halogens is 3. The van der Waals surface area contributed by atoms with E-state index in [0.717, 1.165) is 12.1 Å². The number of alkyl halides is 3. The Morgan fingerprint density at radius 1 is 1.35 bits per heavy atom. The molecule has 2 rings (SSSR count). The van der Waals surface area contributed by atoms with Crippen LogP contribution in [0.3, 0.4) is 0 Å². The molecule has 1 aromatic carbocycles. The van der Waals surface area contributed by atoms with E-state index in [0.29, 0.717) is 6.54 Å². The maximum absolute atomic E-state index is 12.6. The highest BCUT2D eigenvalue weighted by molar-refractivity contribution is 5.75. The lowest BCUT2D eigenvalue weighted by Gasteiger charge is -2.14. The number of carbonyl (C=O) groups is 1. The average Bonchev–Trinajstić information content (AvgIpc) is 3.03. The Balaban J connectivity index is 1.84. The molecule has 0 spiro atoms. The van der Waals surface area contributed by atoms with Crippen molar-refractivity contribution in [1.82, 2.24) is 15.1 Å². The number of amides is 1. The molecule has 1 amide bonds. The first kappa shape index (κ1) is 17.0. The van der Waals surface area contributed by atoms with Crippen LogP contribution in [0.5, 0.6) is 0 Å². The highest BCUT2D eigenvalue weighted by atomic mass is 19.4. The van der Waals surface area contributed by atoms with Crippen LogP contribution in [-0.4, -0.2) is 27.3 Å². The molecule has 23 heavy (non-hydrogen) atoms. The van der Waals surface area contributed by atoms with Crippen LogP contribution in [-0.2, 0) is 17.5 Å². The minimum Gasteiger partial charge on any atom is -0.387 e. The van der Waals surface area contributed by atoms with Gasteiger partial charge in [-0.15, -0.1) is 0 Å². The molecule has 0 aliphatic heterocycles. The van der Waals surface area contributed by atoms with Crippen LogP contribution in [0.4, 0.5) is 13.2 Å². The van der Waals surface area contributed by atoms with Crippen molar-refractivity contribution in [3.05, 3.63) is 53.9 Å². The van der Waals surface area contributed by atoms with Gasteiger partial charge in [-0.1, -0.05) is 12.1 Å². The number of nitrogens with one attached hydrogen (secondary N) is 1. The third-order valence-corrected chi connectivity index (χ3v) is 3.22. The monoisotopic (exact) mass is 327 g/mol. The average molecular weight is 327 g/mol. The number of rotatable bonds is 6. The van der Waals surface area contributed by atoms with Crippen molar-refractivity contribution < 1.29 is 23.1 Å². The molecular formula is C15H16F3N3O2. The molecule has 2 aromatic rings. The summed E-state index contributed by atoms with van der Waals surface area (Å²) in [6.45, 7) is 0.234. The maximum Gasteiger partial charge on any atom is 0.416 e. The van der Waals surface area contributed by atoms with Crippen molar-refractivity contribution in [2.75, 3.05) is 6.54 Å². The Bertz CT molecular complexity index is 642. The van der Waals surface area contributed by atoms with E-state index in [1.807, 2.05) is 0 Å². The minimum atomic E-state index is -4.47. The summed E-state index contributed by atoms with van der Waals surface area (Å²) in [5.74, 6) is -0.313. The lowest BCUT2D eigenvalue weighted by molar-refractivity contribution is -0.137. The standard InChI is InChI=1S/C15H16F3N3O2/c16-15(17,18)12-4-1-3-11(9-12)13(22)10-19-14(23)5-8-21-7-2-6-20-21/h1-4,6-7,9,13,22H,5,8,10H2,(H,19,23)/t13-/m0/s1. The molecule has 0 fully saturated rings. The van der Waals surface area contributed by atoms with E-state index in [1.165, 1.54) is 12.1 Å². The highest BCUT2D eigenvalue weighted by Crippen LogP contribution is 2.30. The number of hydrogen-bond acceptors (Lipinski definition) is 3. The molecule has 0 unspecified atom stereocenters. The normalized spacial score (nSPS) is 12.9. The lowest BCUT2D eigenvalue weighted by Crippen LogP contribution is -2.29. The van der Waals surface area contributed by atoms with Crippen molar-refractivity contribution in [2.24, 2.45) is 0 Å². The van der Waals surface area contributed by atoms with E-state index in [-0.39, 0.29) is 24.4 Å². The van der Waals surface area contributed by atoms with Crippen molar-refractivity contribution in [3.63, 3.8) is 0 Å². The summed E-state index contributed by atoms with van der Waals surface area (Å²) < 4.78 is 39.4. The zero-order valence-corrected chi connectivity index (χ0v) is 12.1. The molecular weight excluding hydrogens is 311 g/mol. The third-order valence-electron chi connectivity index (χ3n) is 3.22. The van der Waals surface area contributed by atoms with E-state index in [1.54, 1.807) is 23.1 Å². The number of carbonyl (C=O) groups excluding carboxylic acids is 1. The second-order valence-corrected chi connectivity index (χ2v) is 4.96. The number of benzene rings is 1.